The average molecular weight is 533 g/mol. The molecule has 206 valence electrons. The molecule has 10 heteroatoms. The van der Waals surface area contributed by atoms with Crippen molar-refractivity contribution in [3.63, 3.8) is 0 Å². The van der Waals surface area contributed by atoms with Gasteiger partial charge in [-0.2, -0.15) is 26.3 Å². The molecule has 1 amide bonds. The smallest absolute Gasteiger partial charge is 0.416 e. The number of carbonyl (C=O) groups excluding carboxylic acids is 1. The molecule has 1 aromatic heterocycles. The van der Waals surface area contributed by atoms with Crippen LogP contribution in [-0.4, -0.2) is 18.7 Å². The van der Waals surface area contributed by atoms with Crippen molar-refractivity contribution in [1.82, 2.24) is 0 Å². The van der Waals surface area contributed by atoms with Crippen molar-refractivity contribution < 1.29 is 35.6 Å². The average Bonchev–Trinajstić information content (AvgIpc) is 3.36. The summed E-state index contributed by atoms with van der Waals surface area (Å²) in [5.74, 6) is -0.408. The van der Waals surface area contributed by atoms with E-state index in [-0.39, 0.29) is 17.3 Å². The lowest BCUT2D eigenvalue weighted by molar-refractivity contribution is -0.143. The van der Waals surface area contributed by atoms with Gasteiger partial charge in [-0.1, -0.05) is 44.9 Å². The van der Waals surface area contributed by atoms with Crippen LogP contribution in [0.3, 0.4) is 0 Å². The number of primary amides is 1. The molecule has 0 unspecified atom stereocenters. The lowest BCUT2D eigenvalue weighted by Crippen LogP contribution is -2.13. The number of unbranched alkanes of at least 4 members (excludes halogenated alkanes) is 2. The van der Waals surface area contributed by atoms with E-state index in [4.69, 9.17) is 10.2 Å². The third-order valence-corrected chi connectivity index (χ3v) is 4.77. The van der Waals surface area contributed by atoms with Gasteiger partial charge in [0.05, 0.1) is 23.7 Å². The molecule has 1 aromatic carbocycles. The third kappa shape index (κ3) is 13.0. The van der Waals surface area contributed by atoms with E-state index < -0.39 is 29.4 Å². The number of rotatable bonds is 7. The van der Waals surface area contributed by atoms with Crippen LogP contribution in [0.4, 0.5) is 26.3 Å². The molecule has 0 saturated heterocycles. The van der Waals surface area contributed by atoms with Gasteiger partial charge in [-0.25, -0.2) is 0 Å². The predicted molar refractivity (Wildman–Crippen MR) is 135 cm³/mol. The van der Waals surface area contributed by atoms with Crippen LogP contribution in [-0.2, 0) is 17.1 Å². The summed E-state index contributed by atoms with van der Waals surface area (Å²) in [4.78, 5) is 14.6. The number of hydrogen-bond acceptors (Lipinski definition) is 3. The second-order valence-corrected chi connectivity index (χ2v) is 7.74. The minimum atomic E-state index is -4.83. The standard InChI is InChI=1S/C11H9F6N.C10H13NO2.C6H12/c1-6(18-2)7-3-8(10(12,13)14)5-9(4-7)11(15,16)17;1-2-3-4-9(10(11)12)8-5-6-13-7-8;1-3-5-6-4-2/h3-5H,1-2H3;4-7H,2-3H2,1H3,(H2,11,12);3,5H,4,6H2,1-2H3/b;9-4+;5-3+. The minimum Gasteiger partial charge on any atom is -0.472 e. The molecule has 0 atom stereocenters. The number of furan rings is 1. The first-order chi connectivity index (χ1) is 17.2. The van der Waals surface area contributed by atoms with Crippen LogP contribution < -0.4 is 5.73 Å². The largest absolute Gasteiger partial charge is 0.472 e. The maximum Gasteiger partial charge on any atom is 0.416 e. The summed E-state index contributed by atoms with van der Waals surface area (Å²) >= 11 is 0. The lowest BCUT2D eigenvalue weighted by Gasteiger charge is -2.14. The maximum atomic E-state index is 12.5. The molecule has 2 rings (SSSR count). The summed E-state index contributed by atoms with van der Waals surface area (Å²) in [6, 6.07) is 3.12. The van der Waals surface area contributed by atoms with E-state index in [1.807, 2.05) is 13.0 Å². The zero-order valence-electron chi connectivity index (χ0n) is 21.6. The van der Waals surface area contributed by atoms with Gasteiger partial charge >= 0.3 is 12.4 Å². The van der Waals surface area contributed by atoms with Gasteiger partial charge in [-0.3, -0.25) is 9.79 Å². The fraction of sp³-hybridized carbons (Fsp3) is 0.407. The summed E-state index contributed by atoms with van der Waals surface area (Å²) in [7, 11) is 1.29. The number of halogens is 6. The van der Waals surface area contributed by atoms with Gasteiger partial charge in [0.1, 0.15) is 0 Å². The van der Waals surface area contributed by atoms with E-state index in [1.165, 1.54) is 39.3 Å². The van der Waals surface area contributed by atoms with E-state index in [2.05, 4.69) is 31.0 Å². The number of alkyl halides is 6. The third-order valence-electron chi connectivity index (χ3n) is 4.77. The Labute approximate surface area is 214 Å². The summed E-state index contributed by atoms with van der Waals surface area (Å²) in [5.41, 5.74) is 3.74. The summed E-state index contributed by atoms with van der Waals surface area (Å²) in [6.45, 7) is 7.62. The van der Waals surface area contributed by atoms with Gasteiger partial charge in [0, 0.05) is 23.9 Å². The molecule has 0 bridgehead atoms. The monoisotopic (exact) mass is 532 g/mol. The fourth-order valence-corrected chi connectivity index (χ4v) is 2.69. The Bertz CT molecular complexity index is 1000. The Morgan fingerprint density at radius 1 is 0.973 bits per heavy atom. The zero-order valence-corrected chi connectivity index (χ0v) is 21.6. The number of aliphatic imine (C=N–C) groups is 1. The Balaban J connectivity index is 0.000000594. The Kier molecular flexibility index (Phi) is 15.0. The highest BCUT2D eigenvalue weighted by Gasteiger charge is 2.37. The Hall–Kier alpha value is -3.30. The van der Waals surface area contributed by atoms with E-state index >= 15 is 0 Å². The van der Waals surface area contributed by atoms with Crippen molar-refractivity contribution in [2.24, 2.45) is 10.7 Å². The fourth-order valence-electron chi connectivity index (χ4n) is 2.69. The van der Waals surface area contributed by atoms with Crippen LogP contribution in [0.5, 0.6) is 0 Å². The van der Waals surface area contributed by atoms with Crippen molar-refractivity contribution >= 4 is 17.2 Å². The van der Waals surface area contributed by atoms with E-state index in [0.29, 0.717) is 17.7 Å². The lowest BCUT2D eigenvalue weighted by atomic mass is 10.0. The number of hydrogen-bond donors (Lipinski definition) is 1. The molecule has 2 N–H and O–H groups in total. The molecule has 0 aliphatic rings. The second kappa shape index (κ2) is 16.4. The minimum absolute atomic E-state index is 0.0897. The number of allylic oxidation sites excluding steroid dienone is 3. The zero-order chi connectivity index (χ0) is 28.6. The molecule has 1 heterocycles. The molecule has 0 fully saturated rings. The van der Waals surface area contributed by atoms with Gasteiger partial charge < -0.3 is 10.2 Å². The highest BCUT2D eigenvalue weighted by Crippen LogP contribution is 2.36. The van der Waals surface area contributed by atoms with Crippen LogP contribution in [0.1, 0.15) is 75.6 Å². The first-order valence-corrected chi connectivity index (χ1v) is 11.6. The highest BCUT2D eigenvalue weighted by molar-refractivity contribution is 6.18. The van der Waals surface area contributed by atoms with Crippen LogP contribution in [0.15, 0.2) is 64.4 Å². The molecule has 0 saturated carbocycles. The van der Waals surface area contributed by atoms with Crippen LogP contribution in [0, 0.1) is 0 Å². The Morgan fingerprint density at radius 3 is 1.84 bits per heavy atom. The molecule has 0 spiro atoms. The van der Waals surface area contributed by atoms with Crippen molar-refractivity contribution in [3.8, 4) is 0 Å². The maximum absolute atomic E-state index is 12.5. The number of nitrogens with zero attached hydrogens (tertiary/aromatic N) is 1. The number of amides is 1. The summed E-state index contributed by atoms with van der Waals surface area (Å²) in [5, 5.41) is 0. The molecular weight excluding hydrogens is 498 g/mol. The molecule has 4 nitrogen and oxygen atoms in total. The first-order valence-electron chi connectivity index (χ1n) is 11.6. The highest BCUT2D eigenvalue weighted by atomic mass is 19.4. The van der Waals surface area contributed by atoms with Gasteiger partial charge in [0.25, 0.3) is 0 Å². The SMILES string of the molecule is C/C=C/CCC.CCC/C=C(/C(N)=O)c1ccoc1.CN=C(C)c1cc(C(F)(F)F)cc(C(F)(F)F)c1. The van der Waals surface area contributed by atoms with Crippen LogP contribution >= 0.6 is 0 Å². The number of benzene rings is 1. The van der Waals surface area contributed by atoms with Gasteiger partial charge in [-0.15, -0.1) is 0 Å². The number of carbonyl (C=O) groups is 1. The number of nitrogens with two attached hydrogens (primary N) is 1. The predicted octanol–water partition coefficient (Wildman–Crippen LogP) is 8.47. The molecule has 0 radical (unpaired) electrons. The van der Waals surface area contributed by atoms with Gasteiger partial charge in [0.15, 0.2) is 0 Å². The van der Waals surface area contributed by atoms with Crippen molar-refractivity contribution in [1.29, 1.82) is 0 Å². The second-order valence-electron chi connectivity index (χ2n) is 7.74. The van der Waals surface area contributed by atoms with Crippen LogP contribution in [0.25, 0.3) is 5.57 Å². The first kappa shape index (κ1) is 33.7. The molecular formula is C27H34F6N2O2. The molecule has 0 aliphatic heterocycles. The van der Waals surface area contributed by atoms with Gasteiger partial charge in [0.2, 0.25) is 5.91 Å². The van der Waals surface area contributed by atoms with E-state index in [9.17, 15) is 31.1 Å². The molecule has 2 aromatic rings. The van der Waals surface area contributed by atoms with Gasteiger partial charge in [-0.05, 0) is 56.5 Å². The summed E-state index contributed by atoms with van der Waals surface area (Å²) in [6.07, 6.45) is 3.84. The van der Waals surface area contributed by atoms with Crippen molar-refractivity contribution in [3.05, 3.63) is 77.3 Å². The molecule has 37 heavy (non-hydrogen) atoms. The van der Waals surface area contributed by atoms with Crippen LogP contribution in [0.2, 0.25) is 0 Å². The normalized spacial score (nSPS) is 12.5. The van der Waals surface area contributed by atoms with Crippen molar-refractivity contribution in [2.75, 3.05) is 7.05 Å². The Morgan fingerprint density at radius 2 is 1.51 bits per heavy atom. The topological polar surface area (TPSA) is 68.6 Å². The van der Waals surface area contributed by atoms with Crippen molar-refractivity contribution in [2.45, 2.75) is 65.7 Å². The summed E-state index contributed by atoms with van der Waals surface area (Å²) < 4.78 is 79.9. The molecule has 0 aliphatic carbocycles. The van der Waals surface area contributed by atoms with E-state index in [0.717, 1.165) is 18.4 Å². The quantitative estimate of drug-likeness (QED) is 0.168. The van der Waals surface area contributed by atoms with E-state index in [1.54, 1.807) is 6.07 Å².